The van der Waals surface area contributed by atoms with Gasteiger partial charge in [-0.3, -0.25) is 9.97 Å². The minimum atomic E-state index is -0.490. The van der Waals surface area contributed by atoms with E-state index < -0.39 is 11.3 Å². The molecule has 0 saturated carbocycles. The van der Waals surface area contributed by atoms with E-state index in [-0.39, 0.29) is 0 Å². The Hall–Kier alpha value is -7.52. The molecule has 0 N–H and O–H groups in total. The Morgan fingerprint density at radius 1 is 0.396 bits per heavy atom. The number of hydrogen-bond donors (Lipinski definition) is 0. The summed E-state index contributed by atoms with van der Waals surface area (Å²) in [6.45, 7) is 0. The van der Waals surface area contributed by atoms with Crippen LogP contribution in [0, 0.1) is 0 Å². The molecule has 6 heterocycles. The molecule has 0 spiro atoms. The third-order valence-corrected chi connectivity index (χ3v) is 9.34. The molecule has 250 valence electrons. The largest absolute Gasteiger partial charge is 0.454 e. The molecular formula is C44H24N4O5. The molecule has 9 heteroatoms. The van der Waals surface area contributed by atoms with Gasteiger partial charge in [-0.25, -0.2) is 19.6 Å². The molecule has 6 aromatic heterocycles. The highest BCUT2D eigenvalue weighted by molar-refractivity contribution is 6.23. The molecule has 53 heavy (non-hydrogen) atoms. The first-order chi connectivity index (χ1) is 26.1. The van der Waals surface area contributed by atoms with Gasteiger partial charge in [0.05, 0.1) is 40.7 Å². The molecular weight excluding hydrogens is 665 g/mol. The van der Waals surface area contributed by atoms with Crippen LogP contribution in [0.4, 0.5) is 0 Å². The lowest BCUT2D eigenvalue weighted by molar-refractivity contribution is 0.551. The highest BCUT2D eigenvalue weighted by Gasteiger charge is 2.17. The maximum absolute atomic E-state index is 13.4. The van der Waals surface area contributed by atoms with Crippen LogP contribution >= 0.6 is 0 Å². The Balaban J connectivity index is 0.962. The van der Waals surface area contributed by atoms with Crippen LogP contribution in [0.3, 0.4) is 0 Å². The maximum Gasteiger partial charge on any atom is 0.347 e. The Kier molecular flexibility index (Phi) is 6.90. The average molecular weight is 689 g/mol. The molecule has 0 aliphatic heterocycles. The van der Waals surface area contributed by atoms with Gasteiger partial charge < -0.3 is 13.3 Å². The Bertz CT molecular complexity index is 3180. The van der Waals surface area contributed by atoms with Crippen molar-refractivity contribution in [3.8, 4) is 56.8 Å². The molecule has 0 amide bonds. The molecule has 0 aliphatic rings. The lowest BCUT2D eigenvalue weighted by atomic mass is 9.97. The number of fused-ring (bicyclic) bond motifs is 7. The van der Waals surface area contributed by atoms with Crippen molar-refractivity contribution in [2.45, 2.75) is 0 Å². The quantitative estimate of drug-likeness (QED) is 0.128. The van der Waals surface area contributed by atoms with Gasteiger partial charge in [0.15, 0.2) is 5.76 Å². The van der Waals surface area contributed by atoms with E-state index in [1.807, 2.05) is 103 Å². The average Bonchev–Trinajstić information content (AvgIpc) is 3.71. The SMILES string of the molecule is O=c1oc2c3ccccc3c3ccccc3c2cc1-c1cnc(-c2cccc(-c3cccc(-c4ccc(-c5cc6ccccc6oc5=O)o4)n3)n2)cn1. The van der Waals surface area contributed by atoms with Crippen LogP contribution < -0.4 is 11.3 Å². The van der Waals surface area contributed by atoms with Crippen molar-refractivity contribution in [1.29, 1.82) is 0 Å². The summed E-state index contributed by atoms with van der Waals surface area (Å²) in [5.41, 5.74) is 4.05. The fourth-order valence-corrected chi connectivity index (χ4v) is 6.81. The van der Waals surface area contributed by atoms with Crippen molar-refractivity contribution >= 4 is 43.5 Å². The number of nitrogens with zero attached hydrogens (tertiary/aromatic N) is 4. The van der Waals surface area contributed by atoms with Crippen LogP contribution in [-0.2, 0) is 0 Å². The predicted molar refractivity (Wildman–Crippen MR) is 204 cm³/mol. The number of hydrogen-bond acceptors (Lipinski definition) is 9. The van der Waals surface area contributed by atoms with E-state index in [4.69, 9.17) is 23.2 Å². The van der Waals surface area contributed by atoms with Crippen LogP contribution in [0.5, 0.6) is 0 Å². The fraction of sp³-hybridized carbons (Fsp3) is 0. The van der Waals surface area contributed by atoms with E-state index in [9.17, 15) is 9.59 Å². The first-order valence-electron chi connectivity index (χ1n) is 16.9. The van der Waals surface area contributed by atoms with Crippen molar-refractivity contribution in [3.63, 3.8) is 0 Å². The number of para-hydroxylation sites is 1. The molecule has 0 aliphatic carbocycles. The van der Waals surface area contributed by atoms with E-state index in [2.05, 4.69) is 16.0 Å². The maximum atomic E-state index is 13.4. The highest BCUT2D eigenvalue weighted by Crippen LogP contribution is 2.36. The smallest absolute Gasteiger partial charge is 0.347 e. The summed E-state index contributed by atoms with van der Waals surface area (Å²) in [6, 6.07) is 41.6. The molecule has 0 saturated heterocycles. The van der Waals surface area contributed by atoms with Gasteiger partial charge in [-0.1, -0.05) is 78.9 Å². The first kappa shape index (κ1) is 30.3. The zero-order valence-corrected chi connectivity index (χ0v) is 27.7. The topological polar surface area (TPSA) is 125 Å². The monoisotopic (exact) mass is 688 g/mol. The summed E-state index contributed by atoms with van der Waals surface area (Å²) in [5.74, 6) is 0.878. The van der Waals surface area contributed by atoms with Crippen molar-refractivity contribution in [2.24, 2.45) is 0 Å². The van der Waals surface area contributed by atoms with Gasteiger partial charge in [0.25, 0.3) is 0 Å². The molecule has 0 fully saturated rings. The van der Waals surface area contributed by atoms with Gasteiger partial charge in [0.2, 0.25) is 0 Å². The fourth-order valence-electron chi connectivity index (χ4n) is 6.81. The van der Waals surface area contributed by atoms with Crippen molar-refractivity contribution in [2.75, 3.05) is 0 Å². The van der Waals surface area contributed by atoms with Crippen molar-refractivity contribution in [1.82, 2.24) is 19.9 Å². The summed E-state index contributed by atoms with van der Waals surface area (Å²) >= 11 is 0. The van der Waals surface area contributed by atoms with E-state index in [1.165, 1.54) is 0 Å². The molecule has 0 atom stereocenters. The standard InChI is InChI=1S/C44H24N4O5/c49-43-31(22-30-28-12-3-2-10-26(28)27-11-4-5-13-29(27)42(30)53-43)37-23-46-38(24-45-37)35-16-7-14-33(47-35)34-15-8-17-36(48-34)41-20-19-40(51-41)32-21-25-9-1-6-18-39(25)52-44(32)50/h1-24H. The number of benzene rings is 4. The van der Waals surface area contributed by atoms with Gasteiger partial charge >= 0.3 is 11.3 Å². The lowest BCUT2D eigenvalue weighted by Gasteiger charge is -2.10. The Labute approximate surface area is 299 Å². The molecule has 0 bridgehead atoms. The van der Waals surface area contributed by atoms with Crippen LogP contribution in [0.25, 0.3) is 100 Å². The van der Waals surface area contributed by atoms with Gasteiger partial charge in [-0.05, 0) is 70.8 Å². The van der Waals surface area contributed by atoms with Gasteiger partial charge in [-0.2, -0.15) is 0 Å². The van der Waals surface area contributed by atoms with Gasteiger partial charge in [0, 0.05) is 16.2 Å². The highest BCUT2D eigenvalue weighted by atomic mass is 16.4. The zero-order valence-electron chi connectivity index (χ0n) is 27.7. The Morgan fingerprint density at radius 2 is 0.962 bits per heavy atom. The molecule has 4 aromatic carbocycles. The minimum Gasteiger partial charge on any atom is -0.454 e. The van der Waals surface area contributed by atoms with E-state index in [1.54, 1.807) is 36.7 Å². The Morgan fingerprint density at radius 3 is 1.72 bits per heavy atom. The number of aromatic nitrogens is 4. The van der Waals surface area contributed by atoms with Gasteiger partial charge in [0.1, 0.15) is 33.9 Å². The van der Waals surface area contributed by atoms with Crippen LogP contribution in [-0.4, -0.2) is 19.9 Å². The number of pyridine rings is 2. The van der Waals surface area contributed by atoms with Crippen molar-refractivity contribution < 1.29 is 13.3 Å². The summed E-state index contributed by atoms with van der Waals surface area (Å²) < 4.78 is 17.6. The molecule has 9 nitrogen and oxygen atoms in total. The summed E-state index contributed by atoms with van der Waals surface area (Å²) in [4.78, 5) is 45.0. The summed E-state index contributed by atoms with van der Waals surface area (Å²) in [6.07, 6.45) is 3.16. The van der Waals surface area contributed by atoms with Crippen molar-refractivity contribution in [3.05, 3.63) is 167 Å². The predicted octanol–water partition coefficient (Wildman–Crippen LogP) is 9.71. The molecule has 0 radical (unpaired) electrons. The molecule has 10 aromatic rings. The minimum absolute atomic E-state index is 0.322. The van der Waals surface area contributed by atoms with Crippen LogP contribution in [0.15, 0.2) is 169 Å². The zero-order chi connectivity index (χ0) is 35.5. The van der Waals surface area contributed by atoms with Gasteiger partial charge in [-0.15, -0.1) is 0 Å². The molecule has 0 unspecified atom stereocenters. The lowest BCUT2D eigenvalue weighted by Crippen LogP contribution is -2.05. The third kappa shape index (κ3) is 5.18. The first-order valence-corrected chi connectivity index (χ1v) is 16.9. The second-order valence-corrected chi connectivity index (χ2v) is 12.5. The molecule has 10 rings (SSSR count). The van der Waals surface area contributed by atoms with E-state index in [0.29, 0.717) is 68.0 Å². The summed E-state index contributed by atoms with van der Waals surface area (Å²) in [7, 11) is 0. The van der Waals surface area contributed by atoms with E-state index >= 15 is 0 Å². The second-order valence-electron chi connectivity index (χ2n) is 12.5. The second kappa shape index (κ2) is 12.1. The number of rotatable bonds is 5. The number of furan rings is 1. The normalized spacial score (nSPS) is 11.5. The van der Waals surface area contributed by atoms with E-state index in [0.717, 1.165) is 32.3 Å². The van der Waals surface area contributed by atoms with Crippen LogP contribution in [0.2, 0.25) is 0 Å². The van der Waals surface area contributed by atoms with Crippen LogP contribution in [0.1, 0.15) is 0 Å². The third-order valence-electron chi connectivity index (χ3n) is 9.34. The summed E-state index contributed by atoms with van der Waals surface area (Å²) in [5, 5.41) is 5.59.